The zero-order valence-corrected chi connectivity index (χ0v) is 15.6. The van der Waals surface area contributed by atoms with Crippen molar-refractivity contribution in [2.24, 2.45) is 0 Å². The molecule has 3 N–H and O–H groups in total. The van der Waals surface area contributed by atoms with Crippen molar-refractivity contribution < 1.29 is 9.82 Å². The van der Waals surface area contributed by atoms with Gasteiger partial charge in [-0.1, -0.05) is 35.9 Å². The first-order valence-electron chi connectivity index (χ1n) is 7.71. The summed E-state index contributed by atoms with van der Waals surface area (Å²) in [5.74, 6) is 0. The van der Waals surface area contributed by atoms with Gasteiger partial charge in [0.05, 0.1) is 29.7 Å². The first kappa shape index (κ1) is 19.1. The van der Waals surface area contributed by atoms with Crippen LogP contribution in [0.3, 0.4) is 0 Å². The normalized spacial score (nSPS) is 10.6. The Labute approximate surface area is 156 Å². The minimum absolute atomic E-state index is 0.0479. The number of non-ortho nitro benzene ring substituents is 1. The van der Waals surface area contributed by atoms with Crippen molar-refractivity contribution in [2.45, 2.75) is 13.1 Å². The van der Waals surface area contributed by atoms with Gasteiger partial charge in [0, 0.05) is 24.2 Å². The predicted molar refractivity (Wildman–Crippen MR) is 104 cm³/mol. The van der Waals surface area contributed by atoms with E-state index < -0.39 is 4.92 Å². The Hall–Kier alpha value is -2.22. The molecule has 0 saturated carbocycles. The molecular weight excluding hydrogens is 360 g/mol. The Morgan fingerprint density at radius 2 is 1.84 bits per heavy atom. The maximum Gasteiger partial charge on any atom is 0.271 e. The first-order valence-corrected chi connectivity index (χ1v) is 8.49. The van der Waals surface area contributed by atoms with Crippen LogP contribution in [0.5, 0.6) is 0 Å². The topological polar surface area (TPSA) is 71.6 Å². The van der Waals surface area contributed by atoms with Crippen molar-refractivity contribution in [1.29, 1.82) is 0 Å². The molecule has 0 aliphatic carbocycles. The van der Waals surface area contributed by atoms with Crippen molar-refractivity contribution in [2.75, 3.05) is 19.4 Å². The molecule has 2 aromatic carbocycles. The highest BCUT2D eigenvalue weighted by Gasteiger charge is 2.10. The highest BCUT2D eigenvalue weighted by Crippen LogP contribution is 2.26. The summed E-state index contributed by atoms with van der Waals surface area (Å²) in [6, 6.07) is 12.5. The molecule has 0 atom stereocenters. The van der Waals surface area contributed by atoms with E-state index in [4.69, 9.17) is 23.8 Å². The number of benzene rings is 2. The van der Waals surface area contributed by atoms with E-state index in [1.54, 1.807) is 0 Å². The van der Waals surface area contributed by atoms with Crippen molar-refractivity contribution in [3.63, 3.8) is 0 Å². The molecule has 0 heterocycles. The molecular formula is C17H20ClN4O2S+. The average Bonchev–Trinajstić information content (AvgIpc) is 2.55. The van der Waals surface area contributed by atoms with Crippen LogP contribution < -0.4 is 15.5 Å². The minimum Gasteiger partial charge on any atom is -0.358 e. The van der Waals surface area contributed by atoms with Gasteiger partial charge in [-0.3, -0.25) is 10.1 Å². The van der Waals surface area contributed by atoms with Gasteiger partial charge in [0.2, 0.25) is 0 Å². The maximum atomic E-state index is 10.8. The summed E-state index contributed by atoms with van der Waals surface area (Å²) in [6.07, 6.45) is 0. The Morgan fingerprint density at radius 1 is 1.20 bits per heavy atom. The zero-order chi connectivity index (χ0) is 18.4. The Bertz CT molecular complexity index is 766. The van der Waals surface area contributed by atoms with Crippen LogP contribution >= 0.6 is 23.8 Å². The summed E-state index contributed by atoms with van der Waals surface area (Å²) >= 11 is 11.3. The number of hydrogen-bond donors (Lipinski definition) is 3. The van der Waals surface area contributed by atoms with Gasteiger partial charge < -0.3 is 15.5 Å². The third kappa shape index (κ3) is 5.97. The lowest BCUT2D eigenvalue weighted by Gasteiger charge is -2.12. The number of halogens is 1. The number of nitrogens with zero attached hydrogens (tertiary/aromatic N) is 1. The van der Waals surface area contributed by atoms with Crippen LogP contribution in [0.4, 0.5) is 11.4 Å². The van der Waals surface area contributed by atoms with Crippen molar-refractivity contribution in [3.8, 4) is 0 Å². The molecule has 0 amide bonds. The summed E-state index contributed by atoms with van der Waals surface area (Å²) in [7, 11) is 4.22. The highest BCUT2D eigenvalue weighted by molar-refractivity contribution is 7.80. The first-order chi connectivity index (χ1) is 11.8. The second kappa shape index (κ2) is 8.75. The Balaban J connectivity index is 1.92. The van der Waals surface area contributed by atoms with Crippen LogP contribution in [-0.4, -0.2) is 24.1 Å². The predicted octanol–water partition coefficient (Wildman–Crippen LogP) is 2.38. The lowest BCUT2D eigenvalue weighted by Crippen LogP contribution is -3.04. The van der Waals surface area contributed by atoms with Crippen LogP contribution in [0, 0.1) is 10.1 Å². The van der Waals surface area contributed by atoms with Crippen molar-refractivity contribution in [3.05, 3.63) is 68.7 Å². The van der Waals surface area contributed by atoms with E-state index >= 15 is 0 Å². The van der Waals surface area contributed by atoms with Crippen LogP contribution in [-0.2, 0) is 13.1 Å². The summed E-state index contributed by atoms with van der Waals surface area (Å²) < 4.78 is 0. The summed E-state index contributed by atoms with van der Waals surface area (Å²) in [6.45, 7) is 1.52. The second-order valence-corrected chi connectivity index (χ2v) is 6.74. The van der Waals surface area contributed by atoms with E-state index in [-0.39, 0.29) is 5.69 Å². The van der Waals surface area contributed by atoms with Gasteiger partial charge in [-0.05, 0) is 23.8 Å². The van der Waals surface area contributed by atoms with Gasteiger partial charge in [-0.2, -0.15) is 0 Å². The molecule has 6 nitrogen and oxygen atoms in total. The van der Waals surface area contributed by atoms with Gasteiger partial charge in [-0.15, -0.1) is 0 Å². The second-order valence-electron chi connectivity index (χ2n) is 5.93. The third-order valence-electron chi connectivity index (χ3n) is 3.44. The molecule has 0 fully saturated rings. The van der Waals surface area contributed by atoms with Gasteiger partial charge in [-0.25, -0.2) is 0 Å². The molecule has 0 aliphatic rings. The van der Waals surface area contributed by atoms with E-state index in [0.29, 0.717) is 22.4 Å². The molecule has 25 heavy (non-hydrogen) atoms. The van der Waals surface area contributed by atoms with Gasteiger partial charge in [0.1, 0.15) is 6.54 Å². The Morgan fingerprint density at radius 3 is 2.44 bits per heavy atom. The monoisotopic (exact) mass is 379 g/mol. The molecule has 8 heteroatoms. The molecule has 0 radical (unpaired) electrons. The largest absolute Gasteiger partial charge is 0.358 e. The van der Waals surface area contributed by atoms with Gasteiger partial charge in [0.25, 0.3) is 5.69 Å². The lowest BCUT2D eigenvalue weighted by molar-refractivity contribution is -0.872. The fourth-order valence-electron chi connectivity index (χ4n) is 2.25. The molecule has 0 spiro atoms. The highest BCUT2D eigenvalue weighted by atomic mass is 35.5. The summed E-state index contributed by atoms with van der Waals surface area (Å²) in [4.78, 5) is 11.7. The van der Waals surface area contributed by atoms with E-state index in [1.807, 2.05) is 12.1 Å². The number of nitro benzene ring substituents is 1. The van der Waals surface area contributed by atoms with Gasteiger partial charge in [0.15, 0.2) is 5.11 Å². The molecule has 0 aromatic heterocycles. The van der Waals surface area contributed by atoms with Crippen LogP contribution in [0.15, 0.2) is 42.5 Å². The number of rotatable bonds is 6. The quantitative estimate of drug-likeness (QED) is 0.408. The molecule has 2 aromatic rings. The number of quaternary nitrogens is 1. The fraction of sp³-hybridized carbons (Fsp3) is 0.235. The van der Waals surface area contributed by atoms with Gasteiger partial charge >= 0.3 is 0 Å². The molecule has 132 valence electrons. The van der Waals surface area contributed by atoms with Crippen LogP contribution in [0.1, 0.15) is 11.1 Å². The average molecular weight is 380 g/mol. The number of hydrogen-bond acceptors (Lipinski definition) is 3. The van der Waals surface area contributed by atoms with E-state index in [9.17, 15) is 10.1 Å². The molecule has 0 saturated heterocycles. The molecule has 0 bridgehead atoms. The third-order valence-corrected chi connectivity index (χ3v) is 4.02. The smallest absolute Gasteiger partial charge is 0.271 e. The number of nitro groups is 1. The zero-order valence-electron chi connectivity index (χ0n) is 14.0. The summed E-state index contributed by atoms with van der Waals surface area (Å²) in [5, 5.41) is 17.5. The SMILES string of the molecule is C[NH+](C)Cc1ccc(CNC(=S)Nc2cc([N+](=O)[O-])ccc2Cl)cc1. The van der Waals surface area contributed by atoms with Crippen molar-refractivity contribution in [1.82, 2.24) is 5.32 Å². The fourth-order valence-corrected chi connectivity index (χ4v) is 2.60. The van der Waals surface area contributed by atoms with Crippen LogP contribution in [0.2, 0.25) is 5.02 Å². The van der Waals surface area contributed by atoms with E-state index in [1.165, 1.54) is 28.7 Å². The Kier molecular flexibility index (Phi) is 6.69. The number of anilines is 1. The van der Waals surface area contributed by atoms with Crippen LogP contribution in [0.25, 0.3) is 0 Å². The standard InChI is InChI=1S/C17H19ClN4O2S/c1-21(2)11-13-5-3-12(4-6-13)10-19-17(25)20-16-9-14(22(23)24)7-8-15(16)18/h3-9H,10-11H2,1-2H3,(H2,19,20,25)/p+1. The summed E-state index contributed by atoms with van der Waals surface area (Å²) in [5.41, 5.74) is 2.71. The molecule has 0 unspecified atom stereocenters. The van der Waals surface area contributed by atoms with E-state index in [2.05, 4.69) is 36.9 Å². The van der Waals surface area contributed by atoms with E-state index in [0.717, 1.165) is 12.1 Å². The minimum atomic E-state index is -0.477. The molecule has 2 rings (SSSR count). The molecule has 0 aliphatic heterocycles. The number of thiocarbonyl (C=S) groups is 1. The lowest BCUT2D eigenvalue weighted by atomic mass is 10.1. The number of nitrogens with one attached hydrogen (secondary N) is 3. The maximum absolute atomic E-state index is 10.8. The van der Waals surface area contributed by atoms with Crippen molar-refractivity contribution >= 4 is 40.3 Å².